The van der Waals surface area contributed by atoms with E-state index in [1.165, 1.54) is 16.9 Å². The zero-order chi connectivity index (χ0) is 14.8. The van der Waals surface area contributed by atoms with Crippen molar-refractivity contribution in [1.29, 1.82) is 0 Å². The van der Waals surface area contributed by atoms with Crippen LogP contribution in [-0.2, 0) is 6.42 Å². The van der Waals surface area contributed by atoms with Gasteiger partial charge in [0.15, 0.2) is 0 Å². The lowest BCUT2D eigenvalue weighted by atomic mass is 10.1. The molecule has 3 aromatic rings. The maximum Gasteiger partial charge on any atom is 0.147 e. The van der Waals surface area contributed by atoms with E-state index in [-0.39, 0.29) is 0 Å². The van der Waals surface area contributed by atoms with Gasteiger partial charge in [0.25, 0.3) is 0 Å². The van der Waals surface area contributed by atoms with Crippen LogP contribution in [-0.4, -0.2) is 7.11 Å². The highest BCUT2D eigenvalue weighted by atomic mass is 35.5. The number of hydrogen-bond acceptors (Lipinski definition) is 3. The summed E-state index contributed by atoms with van der Waals surface area (Å²) >= 11 is 7.56. The minimum absolute atomic E-state index is 0.773. The topological polar surface area (TPSA) is 22.4 Å². The van der Waals surface area contributed by atoms with E-state index < -0.39 is 0 Å². The second kappa shape index (κ2) is 5.96. The van der Waals surface area contributed by atoms with Gasteiger partial charge in [0, 0.05) is 5.56 Å². The summed E-state index contributed by atoms with van der Waals surface area (Å²) in [5, 5.41) is 0. The van der Waals surface area contributed by atoms with Crippen molar-refractivity contribution in [3.05, 3.63) is 52.4 Å². The van der Waals surface area contributed by atoms with Crippen molar-refractivity contribution in [1.82, 2.24) is 0 Å². The molecule has 2 heterocycles. The summed E-state index contributed by atoms with van der Waals surface area (Å²) < 4.78 is 12.0. The molecule has 0 atom stereocenters. The molecule has 0 saturated heterocycles. The molecule has 0 bridgehead atoms. The molecule has 0 aliphatic carbocycles. The van der Waals surface area contributed by atoms with Crippen LogP contribution in [0.25, 0.3) is 22.0 Å². The second-order valence-corrected chi connectivity index (χ2v) is 6.37. The molecular weight excluding hydrogens is 304 g/mol. The summed E-state index contributed by atoms with van der Waals surface area (Å²) in [6.45, 7) is 2.13. The van der Waals surface area contributed by atoms with Crippen LogP contribution in [0.5, 0.6) is 5.75 Å². The number of furan rings is 1. The van der Waals surface area contributed by atoms with Gasteiger partial charge in [-0.25, -0.2) is 0 Å². The van der Waals surface area contributed by atoms with Gasteiger partial charge < -0.3 is 9.15 Å². The molecular formula is C17H15ClO2S. The van der Waals surface area contributed by atoms with Crippen LogP contribution >= 0.6 is 22.9 Å². The lowest BCUT2D eigenvalue weighted by Gasteiger charge is -2.00. The summed E-state index contributed by atoms with van der Waals surface area (Å²) in [6, 6.07) is 13.9. The first-order valence-corrected chi connectivity index (χ1v) is 7.93. The Morgan fingerprint density at radius 2 is 1.90 bits per heavy atom. The maximum absolute atomic E-state index is 6.08. The Balaban J connectivity index is 2.02. The van der Waals surface area contributed by atoms with Crippen LogP contribution in [0.15, 0.2) is 46.9 Å². The fourth-order valence-corrected chi connectivity index (χ4v) is 3.29. The molecule has 3 rings (SSSR count). The summed E-state index contributed by atoms with van der Waals surface area (Å²) in [5.41, 5.74) is 2.23. The average Bonchev–Trinajstić information content (AvgIpc) is 3.13. The van der Waals surface area contributed by atoms with Crippen LogP contribution in [0.4, 0.5) is 0 Å². The van der Waals surface area contributed by atoms with E-state index in [4.69, 9.17) is 20.8 Å². The molecule has 0 aliphatic rings. The molecule has 2 nitrogen and oxygen atoms in total. The fraction of sp³-hybridized carbons (Fsp3) is 0.176. The van der Waals surface area contributed by atoms with Gasteiger partial charge in [-0.05, 0) is 54.4 Å². The Hall–Kier alpha value is -1.71. The van der Waals surface area contributed by atoms with E-state index in [0.29, 0.717) is 0 Å². The first-order chi connectivity index (χ1) is 10.2. The number of rotatable bonds is 4. The largest absolute Gasteiger partial charge is 0.497 e. The van der Waals surface area contributed by atoms with Crippen LogP contribution in [0.3, 0.4) is 0 Å². The monoisotopic (exact) mass is 318 g/mol. The van der Waals surface area contributed by atoms with Gasteiger partial charge in [-0.1, -0.05) is 18.5 Å². The van der Waals surface area contributed by atoms with E-state index in [9.17, 15) is 0 Å². The number of halogens is 1. The van der Waals surface area contributed by atoms with Gasteiger partial charge in [-0.15, -0.1) is 11.3 Å². The number of ether oxygens (including phenoxy) is 1. The van der Waals surface area contributed by atoms with Crippen molar-refractivity contribution < 1.29 is 9.15 Å². The van der Waals surface area contributed by atoms with E-state index in [1.807, 2.05) is 36.4 Å². The highest BCUT2D eigenvalue weighted by molar-refractivity contribution is 7.19. The van der Waals surface area contributed by atoms with Crippen molar-refractivity contribution in [2.24, 2.45) is 0 Å². The third-order valence-corrected chi connectivity index (χ3v) is 4.59. The van der Waals surface area contributed by atoms with E-state index in [2.05, 4.69) is 13.0 Å². The zero-order valence-corrected chi connectivity index (χ0v) is 13.4. The Morgan fingerprint density at radius 1 is 1.14 bits per heavy atom. The molecule has 0 amide bonds. The Morgan fingerprint density at radius 3 is 2.48 bits per heavy atom. The number of thiophene rings is 1. The molecule has 0 radical (unpaired) electrons. The van der Waals surface area contributed by atoms with E-state index >= 15 is 0 Å². The molecule has 1 aromatic carbocycles. The number of methoxy groups -OCH3 is 1. The normalized spacial score (nSPS) is 10.8. The molecule has 0 spiro atoms. The molecule has 0 saturated carbocycles. The van der Waals surface area contributed by atoms with Crippen molar-refractivity contribution in [3.8, 4) is 27.7 Å². The minimum Gasteiger partial charge on any atom is -0.497 e. The zero-order valence-electron chi connectivity index (χ0n) is 11.9. The first kappa shape index (κ1) is 14.2. The van der Waals surface area contributed by atoms with Crippen LogP contribution in [0, 0.1) is 0 Å². The van der Waals surface area contributed by atoms with Gasteiger partial charge in [-0.3, -0.25) is 0 Å². The van der Waals surface area contributed by atoms with Gasteiger partial charge in [-0.2, -0.15) is 0 Å². The van der Waals surface area contributed by atoms with Crippen molar-refractivity contribution in [3.63, 3.8) is 0 Å². The predicted molar refractivity (Wildman–Crippen MR) is 88.4 cm³/mol. The lowest BCUT2D eigenvalue weighted by Crippen LogP contribution is -1.81. The molecule has 4 heteroatoms. The molecule has 0 aliphatic heterocycles. The smallest absolute Gasteiger partial charge is 0.147 e. The van der Waals surface area contributed by atoms with Gasteiger partial charge >= 0.3 is 0 Å². The average molecular weight is 319 g/mol. The molecule has 0 fully saturated rings. The summed E-state index contributed by atoms with van der Waals surface area (Å²) in [5.74, 6) is 2.63. The highest BCUT2D eigenvalue weighted by Crippen LogP contribution is 2.38. The van der Waals surface area contributed by atoms with Crippen LogP contribution in [0.1, 0.15) is 12.5 Å². The van der Waals surface area contributed by atoms with Crippen LogP contribution in [0.2, 0.25) is 4.34 Å². The van der Waals surface area contributed by atoms with E-state index in [1.54, 1.807) is 7.11 Å². The van der Waals surface area contributed by atoms with E-state index in [0.717, 1.165) is 38.5 Å². The van der Waals surface area contributed by atoms with Gasteiger partial charge in [0.1, 0.15) is 17.3 Å². The van der Waals surface area contributed by atoms with Crippen molar-refractivity contribution >= 4 is 22.9 Å². The van der Waals surface area contributed by atoms with Crippen molar-refractivity contribution in [2.75, 3.05) is 7.11 Å². The number of hydrogen-bond donors (Lipinski definition) is 0. The summed E-state index contributed by atoms with van der Waals surface area (Å²) in [7, 11) is 1.66. The quantitative estimate of drug-likeness (QED) is 0.597. The molecule has 2 aromatic heterocycles. The molecule has 21 heavy (non-hydrogen) atoms. The Kier molecular flexibility index (Phi) is 4.04. The standard InChI is InChI=1S/C17H15ClO2S/c1-3-11-10-14(12-4-6-13(19-2)7-5-12)20-17(11)15-8-9-16(18)21-15/h4-10H,3H2,1-2H3. The molecule has 0 unspecified atom stereocenters. The van der Waals surface area contributed by atoms with Crippen LogP contribution < -0.4 is 4.74 Å². The van der Waals surface area contributed by atoms with Crippen molar-refractivity contribution in [2.45, 2.75) is 13.3 Å². The lowest BCUT2D eigenvalue weighted by molar-refractivity contribution is 0.415. The summed E-state index contributed by atoms with van der Waals surface area (Å²) in [4.78, 5) is 1.07. The molecule has 108 valence electrons. The highest BCUT2D eigenvalue weighted by Gasteiger charge is 2.15. The third-order valence-electron chi connectivity index (χ3n) is 3.36. The SMILES string of the molecule is CCc1cc(-c2ccc(OC)cc2)oc1-c1ccc(Cl)s1. The molecule has 0 N–H and O–H groups in total. The Labute approximate surface area is 132 Å². The van der Waals surface area contributed by atoms with Gasteiger partial charge in [0.2, 0.25) is 0 Å². The second-order valence-electron chi connectivity index (χ2n) is 4.65. The minimum atomic E-state index is 0.773. The fourth-order valence-electron chi connectivity index (χ4n) is 2.23. The third kappa shape index (κ3) is 2.85. The van der Waals surface area contributed by atoms with Gasteiger partial charge in [0.05, 0.1) is 16.3 Å². The first-order valence-electron chi connectivity index (χ1n) is 6.74. The maximum atomic E-state index is 6.08. The Bertz CT molecular complexity index is 740. The predicted octanol–water partition coefficient (Wildman–Crippen LogP) is 5.90. The summed E-state index contributed by atoms with van der Waals surface area (Å²) in [6.07, 6.45) is 0.921. The number of benzene rings is 1. The number of aryl methyl sites for hydroxylation is 1.